The highest BCUT2D eigenvalue weighted by molar-refractivity contribution is 7.13. The van der Waals surface area contributed by atoms with Gasteiger partial charge in [0.15, 0.2) is 18.1 Å². The molecule has 2 aromatic heterocycles. The Bertz CT molecular complexity index is 980. The van der Waals surface area contributed by atoms with Crippen molar-refractivity contribution >= 4 is 23.2 Å². The fourth-order valence-electron chi connectivity index (χ4n) is 2.35. The summed E-state index contributed by atoms with van der Waals surface area (Å²) >= 11 is 1.51. The maximum absolute atomic E-state index is 12.4. The number of hydrogen-bond acceptors (Lipinski definition) is 8. The first-order valence-electron chi connectivity index (χ1n) is 8.24. The average molecular weight is 402 g/mol. The third-order valence-electron chi connectivity index (χ3n) is 3.73. The summed E-state index contributed by atoms with van der Waals surface area (Å²) in [6.07, 6.45) is 0. The molecule has 146 valence electrons. The molecule has 0 fully saturated rings. The van der Waals surface area contributed by atoms with E-state index in [1.165, 1.54) is 36.6 Å². The molecule has 0 atom stereocenters. The molecule has 0 aliphatic carbocycles. The number of nitrogens with two attached hydrogens (primary N) is 1. The molecular weight excluding hydrogens is 384 g/mol. The van der Waals surface area contributed by atoms with E-state index in [2.05, 4.69) is 4.98 Å². The number of primary amides is 1. The van der Waals surface area contributed by atoms with E-state index in [0.29, 0.717) is 23.1 Å². The summed E-state index contributed by atoms with van der Waals surface area (Å²) in [5, 5.41) is 1.93. The van der Waals surface area contributed by atoms with Gasteiger partial charge in [-0.05, 0) is 36.6 Å². The van der Waals surface area contributed by atoms with E-state index in [1.807, 2.05) is 17.5 Å². The lowest BCUT2D eigenvalue weighted by atomic mass is 10.2. The van der Waals surface area contributed by atoms with Gasteiger partial charge >= 0.3 is 5.97 Å². The fourth-order valence-corrected chi connectivity index (χ4v) is 3.00. The molecular formula is C19H18N2O6S. The molecule has 0 radical (unpaired) electrons. The van der Waals surface area contributed by atoms with Crippen molar-refractivity contribution in [2.45, 2.75) is 13.5 Å². The van der Waals surface area contributed by atoms with E-state index in [1.54, 1.807) is 6.92 Å². The van der Waals surface area contributed by atoms with E-state index in [-0.39, 0.29) is 24.5 Å². The van der Waals surface area contributed by atoms with Gasteiger partial charge in [0.1, 0.15) is 18.1 Å². The number of aromatic nitrogens is 1. The zero-order chi connectivity index (χ0) is 20.1. The van der Waals surface area contributed by atoms with Crippen LogP contribution in [0.15, 0.2) is 40.1 Å². The first-order chi connectivity index (χ1) is 13.5. The first-order valence-corrected chi connectivity index (χ1v) is 9.12. The van der Waals surface area contributed by atoms with Crippen LogP contribution in [-0.4, -0.2) is 30.6 Å². The van der Waals surface area contributed by atoms with Crippen molar-refractivity contribution in [1.29, 1.82) is 0 Å². The Morgan fingerprint density at radius 3 is 2.75 bits per heavy atom. The summed E-state index contributed by atoms with van der Waals surface area (Å²) in [7, 11) is 1.42. The molecule has 0 aliphatic rings. The van der Waals surface area contributed by atoms with E-state index < -0.39 is 11.9 Å². The number of carbonyl (C=O) groups excluding carboxylic acids is 2. The Labute approximate surface area is 164 Å². The Hall–Kier alpha value is -3.33. The second kappa shape index (κ2) is 8.57. The number of hydrogen-bond donors (Lipinski definition) is 1. The molecule has 2 heterocycles. The molecule has 0 aliphatic heterocycles. The molecule has 0 spiro atoms. The van der Waals surface area contributed by atoms with Gasteiger partial charge in [-0.3, -0.25) is 4.79 Å². The van der Waals surface area contributed by atoms with Gasteiger partial charge in [-0.25, -0.2) is 9.78 Å². The third kappa shape index (κ3) is 4.49. The number of amides is 1. The average Bonchev–Trinajstić information content (AvgIpc) is 3.34. The standard InChI is InChI=1S/C19H18N2O6S/c1-11-13(21-18(27-11)16-4-3-7-28-16)9-26-19(23)12-5-6-14(15(8-12)24-2)25-10-17(20)22/h3-8H,9-10H2,1-2H3,(H2,20,22). The zero-order valence-electron chi connectivity index (χ0n) is 15.3. The molecule has 9 heteroatoms. The smallest absolute Gasteiger partial charge is 0.338 e. The summed E-state index contributed by atoms with van der Waals surface area (Å²) in [5.74, 6) is 0.495. The number of methoxy groups -OCH3 is 1. The highest BCUT2D eigenvalue weighted by Gasteiger charge is 2.16. The molecule has 0 bridgehead atoms. The van der Waals surface area contributed by atoms with Crippen molar-refractivity contribution in [2.75, 3.05) is 13.7 Å². The maximum Gasteiger partial charge on any atom is 0.338 e. The number of thiophene rings is 1. The van der Waals surface area contributed by atoms with Crippen LogP contribution in [0.3, 0.4) is 0 Å². The topological polar surface area (TPSA) is 114 Å². The molecule has 2 N–H and O–H groups in total. The van der Waals surface area contributed by atoms with E-state index in [0.717, 1.165) is 4.88 Å². The highest BCUT2D eigenvalue weighted by atomic mass is 32.1. The molecule has 3 rings (SSSR count). The molecule has 0 saturated heterocycles. The lowest BCUT2D eigenvalue weighted by molar-refractivity contribution is -0.119. The number of esters is 1. The lowest BCUT2D eigenvalue weighted by Crippen LogP contribution is -2.20. The molecule has 8 nitrogen and oxygen atoms in total. The predicted molar refractivity (Wildman–Crippen MR) is 101 cm³/mol. The van der Waals surface area contributed by atoms with Gasteiger partial charge in [0, 0.05) is 0 Å². The molecule has 1 aromatic carbocycles. The normalized spacial score (nSPS) is 10.5. The second-order valence-electron chi connectivity index (χ2n) is 5.70. The largest absolute Gasteiger partial charge is 0.493 e. The summed E-state index contributed by atoms with van der Waals surface area (Å²) in [4.78, 5) is 28.5. The minimum atomic E-state index is -0.615. The van der Waals surface area contributed by atoms with Crippen LogP contribution in [0.1, 0.15) is 21.8 Å². The second-order valence-corrected chi connectivity index (χ2v) is 6.64. The van der Waals surface area contributed by atoms with Crippen LogP contribution < -0.4 is 15.2 Å². The quantitative estimate of drug-likeness (QED) is 0.576. The van der Waals surface area contributed by atoms with Crippen LogP contribution in [0.2, 0.25) is 0 Å². The van der Waals surface area contributed by atoms with Crippen LogP contribution in [0.5, 0.6) is 11.5 Å². The van der Waals surface area contributed by atoms with Gasteiger partial charge < -0.3 is 24.4 Å². The summed E-state index contributed by atoms with van der Waals surface area (Å²) in [5.41, 5.74) is 5.87. The molecule has 28 heavy (non-hydrogen) atoms. The van der Waals surface area contributed by atoms with Gasteiger partial charge in [0.2, 0.25) is 5.89 Å². The minimum Gasteiger partial charge on any atom is -0.493 e. The van der Waals surface area contributed by atoms with Gasteiger partial charge in [-0.1, -0.05) is 6.07 Å². The SMILES string of the molecule is COc1cc(C(=O)OCc2nc(-c3cccs3)oc2C)ccc1OCC(N)=O. The number of ether oxygens (including phenoxy) is 3. The Morgan fingerprint density at radius 2 is 2.07 bits per heavy atom. The van der Waals surface area contributed by atoms with E-state index >= 15 is 0 Å². The number of rotatable bonds is 8. The lowest BCUT2D eigenvalue weighted by Gasteiger charge is -2.11. The molecule has 0 saturated carbocycles. The van der Waals surface area contributed by atoms with Gasteiger partial charge in [-0.15, -0.1) is 11.3 Å². The number of oxazole rings is 1. The maximum atomic E-state index is 12.4. The van der Waals surface area contributed by atoms with Crippen LogP contribution in [0, 0.1) is 6.92 Å². The zero-order valence-corrected chi connectivity index (χ0v) is 16.1. The molecule has 0 unspecified atom stereocenters. The molecule has 1 amide bonds. The first kappa shape index (κ1) is 19.4. The van der Waals surface area contributed by atoms with Crippen molar-refractivity contribution in [3.63, 3.8) is 0 Å². The summed E-state index contributed by atoms with van der Waals surface area (Å²) in [6, 6.07) is 8.29. The number of nitrogens with zero attached hydrogens (tertiary/aromatic N) is 1. The Kier molecular flexibility index (Phi) is 5.95. The monoisotopic (exact) mass is 402 g/mol. The van der Waals surface area contributed by atoms with Crippen LogP contribution >= 0.6 is 11.3 Å². The Balaban J connectivity index is 1.67. The predicted octanol–water partition coefficient (Wildman–Crippen LogP) is 2.94. The fraction of sp³-hybridized carbons (Fsp3) is 0.211. The van der Waals surface area contributed by atoms with Gasteiger partial charge in [0.05, 0.1) is 17.6 Å². The Morgan fingerprint density at radius 1 is 1.25 bits per heavy atom. The van der Waals surface area contributed by atoms with Crippen molar-refractivity contribution in [2.24, 2.45) is 5.73 Å². The van der Waals surface area contributed by atoms with Crippen molar-refractivity contribution in [3.05, 3.63) is 52.7 Å². The van der Waals surface area contributed by atoms with Gasteiger partial charge in [0.25, 0.3) is 5.91 Å². The van der Waals surface area contributed by atoms with E-state index in [9.17, 15) is 9.59 Å². The summed E-state index contributed by atoms with van der Waals surface area (Å²) < 4.78 is 21.4. The van der Waals surface area contributed by atoms with Crippen molar-refractivity contribution < 1.29 is 28.2 Å². The minimum absolute atomic E-state index is 0.0260. The number of benzene rings is 1. The molecule has 3 aromatic rings. The van der Waals surface area contributed by atoms with Crippen molar-refractivity contribution in [1.82, 2.24) is 4.98 Å². The highest BCUT2D eigenvalue weighted by Crippen LogP contribution is 2.29. The number of aryl methyl sites for hydroxylation is 1. The van der Waals surface area contributed by atoms with Crippen molar-refractivity contribution in [3.8, 4) is 22.3 Å². The van der Waals surface area contributed by atoms with Gasteiger partial charge in [-0.2, -0.15) is 0 Å². The van der Waals surface area contributed by atoms with Crippen LogP contribution in [0.4, 0.5) is 0 Å². The third-order valence-corrected chi connectivity index (χ3v) is 4.59. The van der Waals surface area contributed by atoms with E-state index in [4.69, 9.17) is 24.4 Å². The number of carbonyl (C=O) groups is 2. The van der Waals surface area contributed by atoms with Crippen LogP contribution in [0.25, 0.3) is 10.8 Å². The summed E-state index contributed by atoms with van der Waals surface area (Å²) in [6.45, 7) is 1.45. The van der Waals surface area contributed by atoms with Crippen LogP contribution in [-0.2, 0) is 16.1 Å².